The minimum Gasteiger partial charge on any atom is -0.344 e. The number of allylic oxidation sites excluding steroid dienone is 1. The summed E-state index contributed by atoms with van der Waals surface area (Å²) in [6.07, 6.45) is 3.37. The van der Waals surface area contributed by atoms with E-state index in [9.17, 15) is 19.6 Å². The summed E-state index contributed by atoms with van der Waals surface area (Å²) in [5.74, 6) is -1.95. The Bertz CT molecular complexity index is 756. The van der Waals surface area contributed by atoms with Gasteiger partial charge in [-0.25, -0.2) is 0 Å². The van der Waals surface area contributed by atoms with Crippen molar-refractivity contribution in [2.75, 3.05) is 5.32 Å². The normalized spacial score (nSPS) is 13.3. The monoisotopic (exact) mass is 418 g/mol. The number of anilines is 1. The Morgan fingerprint density at radius 2 is 1.87 bits per heavy atom. The van der Waals surface area contributed by atoms with Gasteiger partial charge in [-0.05, 0) is 36.8 Å². The smallest absolute Gasteiger partial charge is 0.251 e. The fourth-order valence-corrected chi connectivity index (χ4v) is 2.95. The zero-order valence-electron chi connectivity index (χ0n) is 18.7. The Kier molecular flexibility index (Phi) is 9.17. The topological polar surface area (TPSA) is 112 Å². The van der Waals surface area contributed by atoms with Crippen molar-refractivity contribution < 1.29 is 19.6 Å². The van der Waals surface area contributed by atoms with E-state index in [2.05, 4.69) is 22.2 Å². The average Bonchev–Trinajstić information content (AvgIpc) is 2.63. The number of pyridine rings is 1. The summed E-state index contributed by atoms with van der Waals surface area (Å²) in [6.45, 7) is 14.4. The minimum atomic E-state index is -0.832. The Labute approximate surface area is 178 Å². The molecule has 1 rings (SSSR count). The van der Waals surface area contributed by atoms with E-state index in [-0.39, 0.29) is 23.9 Å². The number of nitrogens with zero attached hydrogens (tertiary/aromatic N) is 2. The van der Waals surface area contributed by atoms with Crippen LogP contribution in [0.15, 0.2) is 36.8 Å². The highest BCUT2D eigenvalue weighted by atomic mass is 16.5. The third-order valence-corrected chi connectivity index (χ3v) is 4.49. The van der Waals surface area contributed by atoms with Gasteiger partial charge in [-0.1, -0.05) is 41.2 Å². The van der Waals surface area contributed by atoms with Crippen molar-refractivity contribution in [2.45, 2.75) is 60.4 Å². The molecule has 0 saturated carbocycles. The van der Waals surface area contributed by atoms with Crippen LogP contribution in [0, 0.1) is 17.3 Å². The minimum absolute atomic E-state index is 0.142. The number of nitrogens with one attached hydrogen (secondary N) is 2. The van der Waals surface area contributed by atoms with Gasteiger partial charge >= 0.3 is 0 Å². The van der Waals surface area contributed by atoms with Gasteiger partial charge < -0.3 is 10.6 Å². The van der Waals surface area contributed by atoms with Gasteiger partial charge in [-0.15, -0.1) is 0 Å². The van der Waals surface area contributed by atoms with E-state index in [0.717, 1.165) is 0 Å². The van der Waals surface area contributed by atoms with E-state index < -0.39 is 29.2 Å². The van der Waals surface area contributed by atoms with Crippen LogP contribution in [0.2, 0.25) is 0 Å². The molecule has 0 spiro atoms. The number of carbonyl (C=O) groups excluding carboxylic acids is 3. The molecule has 0 saturated heterocycles. The zero-order chi connectivity index (χ0) is 23.1. The molecule has 8 nitrogen and oxygen atoms in total. The predicted octanol–water partition coefficient (Wildman–Crippen LogP) is 3.35. The largest absolute Gasteiger partial charge is 0.344 e. The van der Waals surface area contributed by atoms with Gasteiger partial charge in [0, 0.05) is 24.2 Å². The number of hydrogen-bond acceptors (Lipinski definition) is 5. The highest BCUT2D eigenvalue weighted by Crippen LogP contribution is 2.23. The molecule has 0 aromatic carbocycles. The van der Waals surface area contributed by atoms with Crippen LogP contribution in [0.4, 0.5) is 5.69 Å². The molecule has 1 heterocycles. The van der Waals surface area contributed by atoms with E-state index in [1.807, 2.05) is 34.6 Å². The quantitative estimate of drug-likeness (QED) is 0.421. The molecular weight excluding hydrogens is 384 g/mol. The summed E-state index contributed by atoms with van der Waals surface area (Å²) in [5.41, 5.74) is 0.124. The van der Waals surface area contributed by atoms with Gasteiger partial charge in [0.05, 0.1) is 11.9 Å². The Morgan fingerprint density at radius 3 is 2.33 bits per heavy atom. The first-order valence-corrected chi connectivity index (χ1v) is 10.0. The van der Waals surface area contributed by atoms with Crippen molar-refractivity contribution >= 4 is 23.4 Å². The molecule has 1 unspecified atom stereocenters. The van der Waals surface area contributed by atoms with Crippen molar-refractivity contribution in [1.82, 2.24) is 15.4 Å². The molecule has 3 N–H and O–H groups in total. The van der Waals surface area contributed by atoms with Crippen LogP contribution in [-0.4, -0.2) is 39.0 Å². The summed E-state index contributed by atoms with van der Waals surface area (Å²) < 4.78 is 0. The van der Waals surface area contributed by atoms with Crippen LogP contribution in [0.5, 0.6) is 0 Å². The highest BCUT2D eigenvalue weighted by Gasteiger charge is 2.35. The number of hydroxylamine groups is 2. The lowest BCUT2D eigenvalue weighted by Gasteiger charge is -2.32. The Balaban J connectivity index is 3.00. The molecule has 0 aliphatic heterocycles. The Morgan fingerprint density at radius 1 is 1.23 bits per heavy atom. The maximum Gasteiger partial charge on any atom is 0.251 e. The number of amides is 3. The van der Waals surface area contributed by atoms with Crippen molar-refractivity contribution in [3.8, 4) is 0 Å². The van der Waals surface area contributed by atoms with E-state index >= 15 is 0 Å². The first-order chi connectivity index (χ1) is 13.8. The first-order valence-electron chi connectivity index (χ1n) is 10.0. The number of hydrogen-bond donors (Lipinski definition) is 3. The summed E-state index contributed by atoms with van der Waals surface area (Å²) >= 11 is 0. The molecule has 0 radical (unpaired) electrons. The van der Waals surface area contributed by atoms with Crippen molar-refractivity contribution in [1.29, 1.82) is 0 Å². The summed E-state index contributed by atoms with van der Waals surface area (Å²) in [6, 6.07) is 2.58. The standard InChI is InChI=1S/C22H34N4O4/c1-14(2)11-16(12-18(27)26(30)15(3)4)20(28)25-19(22(5,6)7)21(29)24-17-9-8-10-23-13-17/h8-10,13-14,16,19,30H,3,11-12H2,1-2,4-7H3,(H,24,29)(H,25,28)/t16-,19?/m1/s1. The van der Waals surface area contributed by atoms with E-state index in [0.29, 0.717) is 17.2 Å². The van der Waals surface area contributed by atoms with Crippen molar-refractivity contribution in [2.24, 2.45) is 17.3 Å². The van der Waals surface area contributed by atoms with Crippen LogP contribution in [0.25, 0.3) is 0 Å². The van der Waals surface area contributed by atoms with E-state index in [1.165, 1.54) is 13.1 Å². The lowest BCUT2D eigenvalue weighted by Crippen LogP contribution is -2.53. The lowest BCUT2D eigenvalue weighted by molar-refractivity contribution is -0.159. The predicted molar refractivity (Wildman–Crippen MR) is 115 cm³/mol. The van der Waals surface area contributed by atoms with E-state index in [4.69, 9.17) is 0 Å². The second-order valence-corrected chi connectivity index (χ2v) is 9.01. The second kappa shape index (κ2) is 10.9. The number of carbonyl (C=O) groups is 3. The van der Waals surface area contributed by atoms with Crippen molar-refractivity contribution in [3.63, 3.8) is 0 Å². The second-order valence-electron chi connectivity index (χ2n) is 9.01. The SMILES string of the molecule is C=C(C)N(O)C(=O)C[C@@H](CC(C)C)C(=O)NC(C(=O)Nc1cccnc1)C(C)(C)C. The molecule has 0 bridgehead atoms. The van der Waals surface area contributed by atoms with Gasteiger partial charge in [-0.3, -0.25) is 24.6 Å². The molecular formula is C22H34N4O4. The zero-order valence-corrected chi connectivity index (χ0v) is 18.7. The van der Waals surface area contributed by atoms with Gasteiger partial charge in [0.1, 0.15) is 6.04 Å². The van der Waals surface area contributed by atoms with Crippen LogP contribution >= 0.6 is 0 Å². The Hall–Kier alpha value is -2.74. The molecule has 3 amide bonds. The molecule has 30 heavy (non-hydrogen) atoms. The summed E-state index contributed by atoms with van der Waals surface area (Å²) in [5, 5.41) is 15.8. The molecule has 1 aromatic rings. The van der Waals surface area contributed by atoms with Crippen LogP contribution in [0.1, 0.15) is 54.4 Å². The van der Waals surface area contributed by atoms with Gasteiger partial charge in [-0.2, -0.15) is 5.06 Å². The fourth-order valence-electron chi connectivity index (χ4n) is 2.95. The maximum absolute atomic E-state index is 13.0. The summed E-state index contributed by atoms with van der Waals surface area (Å²) in [7, 11) is 0. The third-order valence-electron chi connectivity index (χ3n) is 4.49. The average molecular weight is 419 g/mol. The molecule has 2 atom stereocenters. The van der Waals surface area contributed by atoms with Crippen LogP contribution in [0.3, 0.4) is 0 Å². The highest BCUT2D eigenvalue weighted by molar-refractivity contribution is 5.98. The molecule has 0 fully saturated rings. The van der Waals surface area contributed by atoms with Gasteiger partial charge in [0.2, 0.25) is 11.8 Å². The van der Waals surface area contributed by atoms with E-state index in [1.54, 1.807) is 18.3 Å². The molecule has 166 valence electrons. The van der Waals surface area contributed by atoms with Crippen LogP contribution < -0.4 is 10.6 Å². The van der Waals surface area contributed by atoms with Crippen molar-refractivity contribution in [3.05, 3.63) is 36.8 Å². The first kappa shape index (κ1) is 25.3. The molecule has 1 aromatic heterocycles. The number of rotatable bonds is 9. The summed E-state index contributed by atoms with van der Waals surface area (Å²) in [4.78, 5) is 42.2. The lowest BCUT2D eigenvalue weighted by atomic mass is 9.85. The molecule has 8 heteroatoms. The van der Waals surface area contributed by atoms with Gasteiger partial charge in [0.15, 0.2) is 0 Å². The molecule has 0 aliphatic carbocycles. The third kappa shape index (κ3) is 7.94. The van der Waals surface area contributed by atoms with Crippen LogP contribution in [-0.2, 0) is 14.4 Å². The maximum atomic E-state index is 13.0. The van der Waals surface area contributed by atoms with Gasteiger partial charge in [0.25, 0.3) is 5.91 Å². The number of aromatic nitrogens is 1. The molecule has 0 aliphatic rings. The fraction of sp³-hybridized carbons (Fsp3) is 0.545.